The van der Waals surface area contributed by atoms with Crippen LogP contribution in [0.4, 0.5) is 0 Å². The SMILES string of the molecule is O=C(O)[C@@H]1CSc2c(C3CC3)c(Cc3cccc4ccccc34)c(CO)c(=O)n21. The van der Waals surface area contributed by atoms with Crippen LogP contribution < -0.4 is 5.56 Å². The molecule has 0 radical (unpaired) electrons. The zero-order chi connectivity index (χ0) is 20.1. The lowest BCUT2D eigenvalue weighted by Crippen LogP contribution is -2.33. The van der Waals surface area contributed by atoms with Crippen LogP contribution in [-0.2, 0) is 17.8 Å². The Hall–Kier alpha value is -2.57. The number of hydrogen-bond acceptors (Lipinski definition) is 4. The van der Waals surface area contributed by atoms with Gasteiger partial charge in [0, 0.05) is 11.3 Å². The zero-order valence-corrected chi connectivity index (χ0v) is 16.6. The summed E-state index contributed by atoms with van der Waals surface area (Å²) in [5.41, 5.74) is 3.06. The third-order valence-electron chi connectivity index (χ3n) is 5.98. The van der Waals surface area contributed by atoms with Crippen molar-refractivity contribution >= 4 is 28.5 Å². The van der Waals surface area contributed by atoms with Crippen LogP contribution in [0.5, 0.6) is 0 Å². The molecule has 1 aliphatic carbocycles. The first-order chi connectivity index (χ1) is 14.1. The fourth-order valence-corrected chi connectivity index (χ4v) is 5.83. The van der Waals surface area contributed by atoms with E-state index in [-0.39, 0.29) is 12.2 Å². The summed E-state index contributed by atoms with van der Waals surface area (Å²) in [7, 11) is 0. The first kappa shape index (κ1) is 18.5. The standard InChI is InChI=1S/C23H21NO4S/c25-11-18-17(10-15-6-3-5-13-4-1-2-7-16(13)15)20(14-8-9-14)22-24(21(18)26)19(12-29-22)23(27)28/h1-7,14,19,25H,8-12H2,(H,27,28)/t19-/m0/s1. The van der Waals surface area contributed by atoms with Crippen LogP contribution in [0.25, 0.3) is 10.8 Å². The molecule has 0 saturated heterocycles. The predicted octanol–water partition coefficient (Wildman–Crippen LogP) is 3.69. The minimum absolute atomic E-state index is 0.340. The summed E-state index contributed by atoms with van der Waals surface area (Å²) in [5.74, 6) is -0.301. The van der Waals surface area contributed by atoms with Gasteiger partial charge in [-0.25, -0.2) is 4.79 Å². The third-order valence-corrected chi connectivity index (χ3v) is 7.15. The number of aliphatic hydroxyl groups excluding tert-OH is 1. The van der Waals surface area contributed by atoms with E-state index in [1.54, 1.807) is 0 Å². The van der Waals surface area contributed by atoms with Crippen LogP contribution in [0.1, 0.15) is 47.1 Å². The number of carboxylic acid groups (broad SMARTS) is 1. The van der Waals surface area contributed by atoms with Gasteiger partial charge in [0.2, 0.25) is 0 Å². The second-order valence-corrected chi connectivity index (χ2v) is 8.77. The maximum atomic E-state index is 13.2. The number of pyridine rings is 1. The van der Waals surface area contributed by atoms with E-state index in [0.29, 0.717) is 23.7 Å². The highest BCUT2D eigenvalue weighted by Crippen LogP contribution is 2.49. The van der Waals surface area contributed by atoms with Gasteiger partial charge in [0.05, 0.1) is 11.6 Å². The van der Waals surface area contributed by atoms with E-state index in [1.807, 2.05) is 18.2 Å². The molecule has 3 aromatic rings. The molecule has 5 nitrogen and oxygen atoms in total. The monoisotopic (exact) mass is 407 g/mol. The fraction of sp³-hybridized carbons (Fsp3) is 0.304. The van der Waals surface area contributed by atoms with E-state index in [2.05, 4.69) is 24.3 Å². The highest BCUT2D eigenvalue weighted by molar-refractivity contribution is 7.99. The second-order valence-electron chi connectivity index (χ2n) is 7.76. The second kappa shape index (κ2) is 7.04. The quantitative estimate of drug-likeness (QED) is 0.674. The van der Waals surface area contributed by atoms with E-state index in [0.717, 1.165) is 45.3 Å². The highest BCUT2D eigenvalue weighted by Gasteiger charge is 2.39. The average Bonchev–Trinajstić information content (AvgIpc) is 3.45. The number of aliphatic hydroxyl groups is 1. The molecule has 0 bridgehead atoms. The van der Waals surface area contributed by atoms with Crippen molar-refractivity contribution in [3.05, 3.63) is 75.1 Å². The van der Waals surface area contributed by atoms with Crippen molar-refractivity contribution in [3.8, 4) is 0 Å². The molecule has 0 amide bonds. The molecule has 2 heterocycles. The van der Waals surface area contributed by atoms with E-state index in [4.69, 9.17) is 0 Å². The Balaban J connectivity index is 1.74. The minimum atomic E-state index is -0.995. The minimum Gasteiger partial charge on any atom is -0.480 e. The van der Waals surface area contributed by atoms with Gasteiger partial charge < -0.3 is 10.2 Å². The van der Waals surface area contributed by atoms with Crippen LogP contribution in [0, 0.1) is 0 Å². The molecule has 1 atom stereocenters. The van der Waals surface area contributed by atoms with Gasteiger partial charge in [-0.3, -0.25) is 9.36 Å². The van der Waals surface area contributed by atoms with Crippen LogP contribution in [0.2, 0.25) is 0 Å². The summed E-state index contributed by atoms with van der Waals surface area (Å²) in [6.45, 7) is -0.379. The van der Waals surface area contributed by atoms with Crippen molar-refractivity contribution in [1.82, 2.24) is 4.57 Å². The van der Waals surface area contributed by atoms with Gasteiger partial charge >= 0.3 is 5.97 Å². The Labute approximate surface area is 172 Å². The van der Waals surface area contributed by atoms with Crippen molar-refractivity contribution < 1.29 is 15.0 Å². The molecule has 29 heavy (non-hydrogen) atoms. The van der Waals surface area contributed by atoms with Crippen LogP contribution >= 0.6 is 11.8 Å². The number of carboxylic acids is 1. The molecule has 1 aliphatic heterocycles. The van der Waals surface area contributed by atoms with Gasteiger partial charge in [0.15, 0.2) is 0 Å². The van der Waals surface area contributed by atoms with Gasteiger partial charge in [0.1, 0.15) is 6.04 Å². The van der Waals surface area contributed by atoms with Crippen molar-refractivity contribution in [2.24, 2.45) is 0 Å². The molecule has 0 spiro atoms. The smallest absolute Gasteiger partial charge is 0.327 e. The highest BCUT2D eigenvalue weighted by atomic mass is 32.2. The van der Waals surface area contributed by atoms with Crippen LogP contribution in [0.3, 0.4) is 0 Å². The maximum absolute atomic E-state index is 13.2. The Kier molecular flexibility index (Phi) is 4.48. The third kappa shape index (κ3) is 2.98. The Morgan fingerprint density at radius 1 is 1.10 bits per heavy atom. The van der Waals surface area contributed by atoms with Crippen LogP contribution in [-0.4, -0.2) is 26.5 Å². The molecule has 0 unspecified atom stereocenters. The van der Waals surface area contributed by atoms with Crippen LogP contribution in [0.15, 0.2) is 52.3 Å². The molecule has 2 aliphatic rings. The number of benzene rings is 2. The molecule has 148 valence electrons. The Bertz CT molecular complexity index is 1190. The van der Waals surface area contributed by atoms with Gasteiger partial charge in [-0.2, -0.15) is 0 Å². The number of aromatic nitrogens is 1. The number of thioether (sulfide) groups is 1. The largest absolute Gasteiger partial charge is 0.480 e. The van der Waals surface area contributed by atoms with E-state index in [1.165, 1.54) is 16.3 Å². The first-order valence-electron chi connectivity index (χ1n) is 9.83. The molecule has 5 rings (SSSR count). The number of aliphatic carboxylic acids is 1. The number of fused-ring (bicyclic) bond motifs is 2. The van der Waals surface area contributed by atoms with E-state index in [9.17, 15) is 19.8 Å². The molecule has 2 aromatic carbocycles. The number of carbonyl (C=O) groups is 1. The molecule has 1 aromatic heterocycles. The van der Waals surface area contributed by atoms with Crippen molar-refractivity contribution in [2.75, 3.05) is 5.75 Å². The maximum Gasteiger partial charge on any atom is 0.327 e. The Morgan fingerprint density at radius 3 is 2.59 bits per heavy atom. The van der Waals surface area contributed by atoms with Crippen molar-refractivity contribution in [3.63, 3.8) is 0 Å². The molecule has 1 saturated carbocycles. The van der Waals surface area contributed by atoms with Gasteiger partial charge in [-0.1, -0.05) is 42.5 Å². The van der Waals surface area contributed by atoms with Gasteiger partial charge in [0.25, 0.3) is 5.56 Å². The van der Waals surface area contributed by atoms with E-state index < -0.39 is 12.0 Å². The van der Waals surface area contributed by atoms with Gasteiger partial charge in [-0.05, 0) is 52.6 Å². The van der Waals surface area contributed by atoms with Crippen molar-refractivity contribution in [1.29, 1.82) is 0 Å². The topological polar surface area (TPSA) is 79.5 Å². The summed E-state index contributed by atoms with van der Waals surface area (Å²) < 4.78 is 1.42. The number of hydrogen-bond donors (Lipinski definition) is 2. The zero-order valence-electron chi connectivity index (χ0n) is 15.8. The molecular weight excluding hydrogens is 386 g/mol. The van der Waals surface area contributed by atoms with E-state index >= 15 is 0 Å². The summed E-state index contributed by atoms with van der Waals surface area (Å²) in [6.07, 6.45) is 2.64. The number of rotatable bonds is 5. The molecule has 2 N–H and O–H groups in total. The fourth-order valence-electron chi connectivity index (χ4n) is 4.43. The molecular formula is C23H21NO4S. The first-order valence-corrected chi connectivity index (χ1v) is 10.8. The summed E-state index contributed by atoms with van der Waals surface area (Å²) in [4.78, 5) is 24.9. The lowest BCUT2D eigenvalue weighted by Gasteiger charge is -2.20. The predicted molar refractivity (Wildman–Crippen MR) is 113 cm³/mol. The lowest BCUT2D eigenvalue weighted by atomic mass is 9.91. The summed E-state index contributed by atoms with van der Waals surface area (Å²) in [6, 6.07) is 13.4. The lowest BCUT2D eigenvalue weighted by molar-refractivity contribution is -0.140. The summed E-state index contributed by atoms with van der Waals surface area (Å²) >= 11 is 1.46. The molecule has 6 heteroatoms. The van der Waals surface area contributed by atoms with Gasteiger partial charge in [-0.15, -0.1) is 11.8 Å². The Morgan fingerprint density at radius 2 is 1.86 bits per heavy atom. The van der Waals surface area contributed by atoms with Crippen molar-refractivity contribution in [2.45, 2.75) is 42.9 Å². The summed E-state index contributed by atoms with van der Waals surface area (Å²) in [5, 5.41) is 22.8. The molecule has 1 fully saturated rings. The average molecular weight is 407 g/mol. The number of nitrogens with zero attached hydrogens (tertiary/aromatic N) is 1. The normalized spacial score (nSPS) is 18.2.